The Kier molecular flexibility index (Phi) is 5.86. The number of rotatable bonds is 4. The number of pyridine rings is 1. The number of nitrogens with zero attached hydrogens (tertiary/aromatic N) is 3. The van der Waals surface area contributed by atoms with Crippen LogP contribution in [-0.4, -0.2) is 9.97 Å². The number of fused-ring (bicyclic) bond motifs is 4. The summed E-state index contributed by atoms with van der Waals surface area (Å²) in [5.74, 6) is 0.638. The summed E-state index contributed by atoms with van der Waals surface area (Å²) in [5, 5.41) is 4.53. The summed E-state index contributed by atoms with van der Waals surface area (Å²) in [6.45, 7) is 2.15. The van der Waals surface area contributed by atoms with Gasteiger partial charge in [0.25, 0.3) is 0 Å². The molecule has 0 aliphatic carbocycles. The van der Waals surface area contributed by atoms with Crippen molar-refractivity contribution in [2.45, 2.75) is 6.92 Å². The van der Waals surface area contributed by atoms with Crippen molar-refractivity contribution >= 4 is 32.7 Å². The molecule has 0 unspecified atom stereocenters. The number of para-hydroxylation sites is 1. The van der Waals surface area contributed by atoms with Gasteiger partial charge in [0.2, 0.25) is 5.69 Å². The minimum Gasteiger partial charge on any atom is -0.454 e. The predicted molar refractivity (Wildman–Crippen MR) is 174 cm³/mol. The second-order valence-corrected chi connectivity index (χ2v) is 11.0. The van der Waals surface area contributed by atoms with E-state index in [1.165, 1.54) is 10.8 Å². The summed E-state index contributed by atoms with van der Waals surface area (Å²) >= 11 is 0. The smallest absolute Gasteiger partial charge is 0.216 e. The van der Waals surface area contributed by atoms with Crippen LogP contribution in [0.3, 0.4) is 0 Å². The molecular weight excluding hydrogens is 526 g/mol. The molecule has 204 valence electrons. The summed E-state index contributed by atoms with van der Waals surface area (Å²) in [7, 11) is 2.10. The highest BCUT2D eigenvalue weighted by molar-refractivity contribution is 6.13. The molecule has 0 spiro atoms. The number of benzene rings is 5. The SMILES string of the molecule is Cc1ccc2c(oc3c(-c4nc(-c5ccccc5)cc(-c5ccccc5)n4)cccc32)c1-c1cc2ccccc2c[n+]1C. The van der Waals surface area contributed by atoms with Gasteiger partial charge in [-0.1, -0.05) is 103 Å². The topological polar surface area (TPSA) is 42.8 Å². The molecule has 0 atom stereocenters. The Balaban J connectivity index is 1.39. The fourth-order valence-electron chi connectivity index (χ4n) is 6.07. The van der Waals surface area contributed by atoms with Crippen LogP contribution in [0, 0.1) is 6.92 Å². The van der Waals surface area contributed by atoms with Crippen LogP contribution in [0.1, 0.15) is 5.56 Å². The normalized spacial score (nSPS) is 11.5. The lowest BCUT2D eigenvalue weighted by Crippen LogP contribution is -2.30. The summed E-state index contributed by atoms with van der Waals surface area (Å²) in [4.78, 5) is 10.2. The Hall–Kier alpha value is -5.61. The summed E-state index contributed by atoms with van der Waals surface area (Å²) < 4.78 is 9.06. The van der Waals surface area contributed by atoms with E-state index in [2.05, 4.69) is 116 Å². The van der Waals surface area contributed by atoms with E-state index in [1.54, 1.807) is 0 Å². The van der Waals surface area contributed by atoms with Gasteiger partial charge in [0.15, 0.2) is 12.0 Å². The Morgan fingerprint density at radius 2 is 1.21 bits per heavy atom. The van der Waals surface area contributed by atoms with Crippen molar-refractivity contribution in [1.29, 1.82) is 0 Å². The Morgan fingerprint density at radius 3 is 1.91 bits per heavy atom. The molecule has 3 heterocycles. The van der Waals surface area contributed by atoms with E-state index in [0.29, 0.717) is 5.82 Å². The van der Waals surface area contributed by atoms with Crippen molar-refractivity contribution in [3.05, 3.63) is 139 Å². The first-order chi connectivity index (χ1) is 21.1. The Bertz CT molecular complexity index is 2250. The Labute approximate surface area is 249 Å². The van der Waals surface area contributed by atoms with Gasteiger partial charge in [-0.25, -0.2) is 14.5 Å². The van der Waals surface area contributed by atoms with Gasteiger partial charge >= 0.3 is 0 Å². The first-order valence-electron chi connectivity index (χ1n) is 14.5. The molecule has 3 aromatic heterocycles. The molecule has 43 heavy (non-hydrogen) atoms. The van der Waals surface area contributed by atoms with Crippen LogP contribution < -0.4 is 4.57 Å². The van der Waals surface area contributed by atoms with Gasteiger partial charge in [-0.05, 0) is 36.1 Å². The highest BCUT2D eigenvalue weighted by Gasteiger charge is 2.23. The highest BCUT2D eigenvalue weighted by atomic mass is 16.3. The molecule has 0 fully saturated rings. The first kappa shape index (κ1) is 25.1. The summed E-state index contributed by atoms with van der Waals surface area (Å²) in [5.41, 5.74) is 9.72. The molecular formula is C39H28N3O+. The zero-order chi connectivity index (χ0) is 28.9. The molecule has 0 saturated carbocycles. The maximum atomic E-state index is 6.87. The highest BCUT2D eigenvalue weighted by Crippen LogP contribution is 2.41. The molecule has 4 nitrogen and oxygen atoms in total. The molecule has 5 aromatic carbocycles. The molecule has 8 aromatic rings. The third-order valence-electron chi connectivity index (χ3n) is 8.24. The maximum absolute atomic E-state index is 6.87. The van der Waals surface area contributed by atoms with E-state index in [9.17, 15) is 0 Å². The van der Waals surface area contributed by atoms with E-state index in [0.717, 1.165) is 66.8 Å². The minimum absolute atomic E-state index is 0.638. The zero-order valence-corrected chi connectivity index (χ0v) is 24.0. The lowest BCUT2D eigenvalue weighted by Gasteiger charge is -2.09. The van der Waals surface area contributed by atoms with Gasteiger partial charge < -0.3 is 4.42 Å². The molecule has 0 radical (unpaired) electrons. The number of hydrogen-bond donors (Lipinski definition) is 0. The van der Waals surface area contributed by atoms with Crippen molar-refractivity contribution in [1.82, 2.24) is 9.97 Å². The second-order valence-electron chi connectivity index (χ2n) is 11.0. The van der Waals surface area contributed by atoms with E-state index < -0.39 is 0 Å². The average Bonchev–Trinajstić information content (AvgIpc) is 3.44. The van der Waals surface area contributed by atoms with E-state index in [4.69, 9.17) is 14.4 Å². The van der Waals surface area contributed by atoms with Gasteiger partial charge in [-0.3, -0.25) is 0 Å². The van der Waals surface area contributed by atoms with E-state index in [-0.39, 0.29) is 0 Å². The van der Waals surface area contributed by atoms with Gasteiger partial charge in [0.05, 0.1) is 22.5 Å². The molecule has 0 aliphatic rings. The monoisotopic (exact) mass is 554 g/mol. The molecule has 0 aliphatic heterocycles. The van der Waals surface area contributed by atoms with Crippen LogP contribution in [0.2, 0.25) is 0 Å². The predicted octanol–water partition coefficient (Wildman–Crippen LogP) is 9.33. The van der Waals surface area contributed by atoms with Gasteiger partial charge in [-0.15, -0.1) is 0 Å². The lowest BCUT2D eigenvalue weighted by molar-refractivity contribution is -0.659. The second kappa shape index (κ2) is 10.0. The largest absolute Gasteiger partial charge is 0.454 e. The molecule has 0 N–H and O–H groups in total. The summed E-state index contributed by atoms with van der Waals surface area (Å²) in [6.07, 6.45) is 2.19. The van der Waals surface area contributed by atoms with Crippen LogP contribution in [-0.2, 0) is 7.05 Å². The van der Waals surface area contributed by atoms with Gasteiger partial charge in [0, 0.05) is 33.4 Å². The van der Waals surface area contributed by atoms with Gasteiger partial charge in [0.1, 0.15) is 18.2 Å². The number of hydrogen-bond acceptors (Lipinski definition) is 3. The third-order valence-corrected chi connectivity index (χ3v) is 8.24. The quantitative estimate of drug-likeness (QED) is 0.204. The van der Waals surface area contributed by atoms with E-state index >= 15 is 0 Å². The fourth-order valence-corrected chi connectivity index (χ4v) is 6.07. The van der Waals surface area contributed by atoms with Crippen molar-refractivity contribution in [2.24, 2.45) is 7.05 Å². The van der Waals surface area contributed by atoms with Gasteiger partial charge in [-0.2, -0.15) is 0 Å². The van der Waals surface area contributed by atoms with Crippen LogP contribution in [0.4, 0.5) is 0 Å². The molecule has 8 rings (SSSR count). The van der Waals surface area contributed by atoms with E-state index in [1.807, 2.05) is 36.4 Å². The fraction of sp³-hybridized carbons (Fsp3) is 0.0513. The van der Waals surface area contributed by atoms with Crippen molar-refractivity contribution in [2.75, 3.05) is 0 Å². The standard InChI is InChI=1S/C39H28N3O/c1-25-20-21-31-30-18-11-19-32(37(30)43-38(31)36(25)35-22-28-16-9-10-17-29(28)24-42(35)2)39-40-33(26-12-5-3-6-13-26)23-34(41-39)27-14-7-4-8-15-27/h3-24H,1-2H3/q+1. The minimum atomic E-state index is 0.638. The molecule has 0 amide bonds. The van der Waals surface area contributed by atoms with Crippen LogP contribution >= 0.6 is 0 Å². The molecule has 0 bridgehead atoms. The van der Waals surface area contributed by atoms with Crippen LogP contribution in [0.5, 0.6) is 0 Å². The number of aryl methyl sites for hydroxylation is 2. The molecule has 4 heteroatoms. The van der Waals surface area contributed by atoms with Crippen LogP contribution in [0.15, 0.2) is 138 Å². The molecule has 0 saturated heterocycles. The number of aromatic nitrogens is 3. The zero-order valence-electron chi connectivity index (χ0n) is 24.0. The third kappa shape index (κ3) is 4.27. The first-order valence-corrected chi connectivity index (χ1v) is 14.5. The summed E-state index contributed by atoms with van der Waals surface area (Å²) in [6, 6.07) is 43.9. The van der Waals surface area contributed by atoms with Crippen LogP contribution in [0.25, 0.3) is 77.9 Å². The van der Waals surface area contributed by atoms with Crippen molar-refractivity contribution < 1.29 is 8.98 Å². The number of furan rings is 1. The maximum Gasteiger partial charge on any atom is 0.216 e. The Morgan fingerprint density at radius 1 is 0.581 bits per heavy atom. The van der Waals surface area contributed by atoms with Crippen molar-refractivity contribution in [3.8, 4) is 45.2 Å². The van der Waals surface area contributed by atoms with Crippen molar-refractivity contribution in [3.63, 3.8) is 0 Å². The lowest BCUT2D eigenvalue weighted by atomic mass is 9.99. The average molecular weight is 555 g/mol.